The summed E-state index contributed by atoms with van der Waals surface area (Å²) in [5.74, 6) is 2.54. The van der Waals surface area contributed by atoms with Crippen molar-refractivity contribution in [3.8, 4) is 16.7 Å². The number of carbonyl (C=O) groups is 1. The fourth-order valence-electron chi connectivity index (χ4n) is 5.23. The molecule has 3 atom stereocenters. The second kappa shape index (κ2) is 9.28. The highest BCUT2D eigenvalue weighted by atomic mass is 35.5. The number of piperidine rings is 1. The van der Waals surface area contributed by atoms with E-state index in [1.807, 2.05) is 42.5 Å². The summed E-state index contributed by atoms with van der Waals surface area (Å²) in [6.07, 6.45) is 6.87. The van der Waals surface area contributed by atoms with Gasteiger partial charge in [0.2, 0.25) is 5.91 Å². The first kappa shape index (κ1) is 21.5. The molecule has 5 rings (SSSR count). The van der Waals surface area contributed by atoms with Gasteiger partial charge in [0.15, 0.2) is 0 Å². The van der Waals surface area contributed by atoms with Crippen molar-refractivity contribution in [2.24, 2.45) is 5.92 Å². The molecule has 2 aliphatic heterocycles. The van der Waals surface area contributed by atoms with Gasteiger partial charge in [0, 0.05) is 24.0 Å². The molecule has 0 saturated carbocycles. The molecular formula is C25H27ClN2O3S. The van der Waals surface area contributed by atoms with Crippen LogP contribution in [0.25, 0.3) is 10.2 Å². The van der Waals surface area contributed by atoms with E-state index in [1.54, 1.807) is 6.92 Å². The lowest BCUT2D eigenvalue weighted by molar-refractivity contribution is -0.134. The number of aromatic nitrogens is 1. The van der Waals surface area contributed by atoms with E-state index in [0.717, 1.165) is 41.0 Å². The van der Waals surface area contributed by atoms with Crippen LogP contribution in [0.15, 0.2) is 42.5 Å². The molecule has 0 spiro atoms. The van der Waals surface area contributed by atoms with Gasteiger partial charge in [-0.15, -0.1) is 0 Å². The first-order valence-corrected chi connectivity index (χ1v) is 12.5. The van der Waals surface area contributed by atoms with Crippen LogP contribution in [0, 0.1) is 5.92 Å². The number of hydrogen-bond donors (Lipinski definition) is 0. The van der Waals surface area contributed by atoms with Gasteiger partial charge in [-0.2, -0.15) is 0 Å². The zero-order valence-corrected chi connectivity index (χ0v) is 19.7. The standard InChI is InChI=1S/C25H27ClN2O3S/c1-16(29)28-19-5-6-20(28)14-17(13-19)3-2-12-30-21-7-9-22(10-8-21)31-25-27-23-11-4-18(26)15-24(23)32-25/h4,7-11,15,17,19-20H,2-3,5-6,12-14H2,1H3/t17?,19-,20+. The Kier molecular flexibility index (Phi) is 6.24. The van der Waals surface area contributed by atoms with E-state index in [-0.39, 0.29) is 5.91 Å². The van der Waals surface area contributed by atoms with Crippen LogP contribution in [0.3, 0.4) is 0 Å². The van der Waals surface area contributed by atoms with Crippen molar-refractivity contribution in [2.75, 3.05) is 6.61 Å². The number of ether oxygens (including phenoxy) is 2. The molecule has 2 aliphatic rings. The van der Waals surface area contributed by atoms with Crippen LogP contribution in [0.2, 0.25) is 5.02 Å². The van der Waals surface area contributed by atoms with Crippen LogP contribution in [-0.4, -0.2) is 34.5 Å². The quantitative estimate of drug-likeness (QED) is 0.361. The minimum atomic E-state index is 0.249. The van der Waals surface area contributed by atoms with Gasteiger partial charge < -0.3 is 14.4 Å². The average Bonchev–Trinajstić information content (AvgIpc) is 3.29. The lowest BCUT2D eigenvalue weighted by Gasteiger charge is -2.38. The minimum absolute atomic E-state index is 0.249. The maximum Gasteiger partial charge on any atom is 0.279 e. The number of fused-ring (bicyclic) bond motifs is 3. The maximum absolute atomic E-state index is 11.9. The van der Waals surface area contributed by atoms with Crippen LogP contribution in [0.4, 0.5) is 0 Å². The van der Waals surface area contributed by atoms with Crippen LogP contribution in [0.1, 0.15) is 45.4 Å². The summed E-state index contributed by atoms with van der Waals surface area (Å²) in [5, 5.41) is 1.30. The Labute approximate surface area is 197 Å². The van der Waals surface area contributed by atoms with Crippen LogP contribution in [-0.2, 0) is 4.79 Å². The molecule has 0 N–H and O–H groups in total. The molecule has 2 aromatic carbocycles. The monoisotopic (exact) mass is 470 g/mol. The van der Waals surface area contributed by atoms with Crippen molar-refractivity contribution >= 4 is 39.1 Å². The molecule has 3 aromatic rings. The zero-order valence-electron chi connectivity index (χ0n) is 18.1. The summed E-state index contributed by atoms with van der Waals surface area (Å²) in [6, 6.07) is 14.3. The van der Waals surface area contributed by atoms with E-state index in [4.69, 9.17) is 21.1 Å². The molecule has 0 radical (unpaired) electrons. The Morgan fingerprint density at radius 1 is 1.12 bits per heavy atom. The number of thiazole rings is 1. The highest BCUT2D eigenvalue weighted by molar-refractivity contribution is 7.20. The highest BCUT2D eigenvalue weighted by Crippen LogP contribution is 2.40. The van der Waals surface area contributed by atoms with E-state index >= 15 is 0 Å². The van der Waals surface area contributed by atoms with Gasteiger partial charge in [-0.05, 0) is 86.9 Å². The predicted octanol–water partition coefficient (Wildman–Crippen LogP) is 6.69. The zero-order chi connectivity index (χ0) is 22.1. The maximum atomic E-state index is 11.9. The van der Waals surface area contributed by atoms with Gasteiger partial charge in [0.1, 0.15) is 11.5 Å². The largest absolute Gasteiger partial charge is 0.494 e. The SMILES string of the molecule is CC(=O)N1[C@@H]2CC[C@H]1CC(CCCOc1ccc(Oc3nc4ccc(Cl)cc4s3)cc1)C2. The van der Waals surface area contributed by atoms with E-state index < -0.39 is 0 Å². The van der Waals surface area contributed by atoms with Gasteiger partial charge in [0.25, 0.3) is 5.19 Å². The highest BCUT2D eigenvalue weighted by Gasteiger charge is 2.41. The molecule has 1 amide bonds. The summed E-state index contributed by atoms with van der Waals surface area (Å²) in [6.45, 7) is 2.42. The van der Waals surface area contributed by atoms with E-state index in [0.29, 0.717) is 34.8 Å². The lowest BCUT2D eigenvalue weighted by atomic mass is 9.87. The number of hydrogen-bond acceptors (Lipinski definition) is 5. The third-order valence-electron chi connectivity index (χ3n) is 6.58. The molecule has 168 valence electrons. The fraction of sp³-hybridized carbons (Fsp3) is 0.440. The summed E-state index contributed by atoms with van der Waals surface area (Å²) in [5.41, 5.74) is 0.884. The van der Waals surface area contributed by atoms with E-state index in [1.165, 1.54) is 30.6 Å². The smallest absolute Gasteiger partial charge is 0.279 e. The molecule has 7 heteroatoms. The first-order chi connectivity index (χ1) is 15.5. The van der Waals surface area contributed by atoms with Crippen molar-refractivity contribution in [2.45, 2.75) is 57.5 Å². The normalized spacial score (nSPS) is 22.3. The Balaban J connectivity index is 1.07. The van der Waals surface area contributed by atoms with Crippen LogP contribution < -0.4 is 9.47 Å². The molecule has 2 bridgehead atoms. The molecular weight excluding hydrogens is 444 g/mol. The third kappa shape index (κ3) is 4.71. The first-order valence-electron chi connectivity index (χ1n) is 11.3. The number of halogens is 1. The van der Waals surface area contributed by atoms with Gasteiger partial charge in [-0.3, -0.25) is 4.79 Å². The number of nitrogens with zero attached hydrogens (tertiary/aromatic N) is 2. The molecule has 2 saturated heterocycles. The third-order valence-corrected chi connectivity index (χ3v) is 7.71. The second-order valence-electron chi connectivity index (χ2n) is 8.80. The Bertz CT molecular complexity index is 1090. The minimum Gasteiger partial charge on any atom is -0.494 e. The Hall–Kier alpha value is -2.31. The number of amides is 1. The number of rotatable bonds is 7. The summed E-state index contributed by atoms with van der Waals surface area (Å²) in [7, 11) is 0. The Morgan fingerprint density at radius 3 is 2.56 bits per heavy atom. The molecule has 2 fully saturated rings. The summed E-state index contributed by atoms with van der Waals surface area (Å²) in [4.78, 5) is 18.5. The second-order valence-corrected chi connectivity index (χ2v) is 10.2. The topological polar surface area (TPSA) is 51.7 Å². The summed E-state index contributed by atoms with van der Waals surface area (Å²) < 4.78 is 12.8. The fourth-order valence-corrected chi connectivity index (χ4v) is 6.34. The van der Waals surface area contributed by atoms with Crippen molar-refractivity contribution in [3.05, 3.63) is 47.5 Å². The van der Waals surface area contributed by atoms with E-state index in [2.05, 4.69) is 9.88 Å². The van der Waals surface area contributed by atoms with Crippen molar-refractivity contribution in [3.63, 3.8) is 0 Å². The van der Waals surface area contributed by atoms with Gasteiger partial charge >= 0.3 is 0 Å². The average molecular weight is 471 g/mol. The molecule has 1 unspecified atom stereocenters. The molecule has 3 heterocycles. The molecule has 0 aliphatic carbocycles. The van der Waals surface area contributed by atoms with Gasteiger partial charge in [-0.25, -0.2) is 4.98 Å². The summed E-state index contributed by atoms with van der Waals surface area (Å²) >= 11 is 7.52. The predicted molar refractivity (Wildman–Crippen MR) is 128 cm³/mol. The Morgan fingerprint density at radius 2 is 1.84 bits per heavy atom. The van der Waals surface area contributed by atoms with Gasteiger partial charge in [0.05, 0.1) is 16.8 Å². The number of benzene rings is 2. The molecule has 5 nitrogen and oxygen atoms in total. The number of carbonyl (C=O) groups excluding carboxylic acids is 1. The lowest BCUT2D eigenvalue weighted by Crippen LogP contribution is -2.45. The van der Waals surface area contributed by atoms with E-state index in [9.17, 15) is 4.79 Å². The molecule has 32 heavy (non-hydrogen) atoms. The van der Waals surface area contributed by atoms with Crippen LogP contribution in [0.5, 0.6) is 16.7 Å². The van der Waals surface area contributed by atoms with Gasteiger partial charge in [-0.1, -0.05) is 22.9 Å². The van der Waals surface area contributed by atoms with Crippen molar-refractivity contribution < 1.29 is 14.3 Å². The van der Waals surface area contributed by atoms with Crippen LogP contribution >= 0.6 is 22.9 Å². The van der Waals surface area contributed by atoms with Crippen molar-refractivity contribution in [1.82, 2.24) is 9.88 Å². The molecule has 1 aromatic heterocycles. The van der Waals surface area contributed by atoms with Crippen molar-refractivity contribution in [1.29, 1.82) is 0 Å².